The first-order chi connectivity index (χ1) is 13.9. The molecule has 0 saturated carbocycles. The number of anilines is 1. The average Bonchev–Trinajstić information content (AvgIpc) is 3.04. The molecule has 2 aromatic heterocycles. The molecule has 0 bridgehead atoms. The van der Waals surface area contributed by atoms with E-state index < -0.39 is 12.5 Å². The number of amides is 1. The lowest BCUT2D eigenvalue weighted by Gasteiger charge is -2.05. The highest BCUT2D eigenvalue weighted by atomic mass is 32.1. The quantitative estimate of drug-likeness (QED) is 0.626. The molecule has 0 spiro atoms. The second-order valence-corrected chi connectivity index (χ2v) is 7.26. The summed E-state index contributed by atoms with van der Waals surface area (Å²) in [4.78, 5) is 29.5. The zero-order valence-electron chi connectivity index (χ0n) is 15.7. The molecule has 1 amide bonds. The summed E-state index contributed by atoms with van der Waals surface area (Å²) < 4.78 is 30.1. The van der Waals surface area contributed by atoms with E-state index in [0.29, 0.717) is 29.4 Å². The van der Waals surface area contributed by atoms with E-state index >= 15 is 0 Å². The van der Waals surface area contributed by atoms with Crippen molar-refractivity contribution in [3.63, 3.8) is 0 Å². The second kappa shape index (κ2) is 8.91. The molecule has 0 radical (unpaired) electrons. The standard InChI is InChI=1S/C19H18F2N4O3S/c1-3-10-25-15(26)9-8-14(24-25)17(27)23-19-22-16(11(2)29-19)12-4-6-13(7-5-12)28-18(20)21/h4-9,18H,3,10H2,1-2H3,(H,22,23,27). The highest BCUT2D eigenvalue weighted by molar-refractivity contribution is 7.16. The van der Waals surface area contributed by atoms with Crippen molar-refractivity contribution < 1.29 is 18.3 Å². The van der Waals surface area contributed by atoms with E-state index in [4.69, 9.17) is 0 Å². The normalized spacial score (nSPS) is 10.9. The number of nitrogens with zero attached hydrogens (tertiary/aromatic N) is 3. The Labute approximate surface area is 169 Å². The number of rotatable bonds is 7. The van der Waals surface area contributed by atoms with Crippen molar-refractivity contribution in [3.8, 4) is 17.0 Å². The van der Waals surface area contributed by atoms with Gasteiger partial charge in [-0.25, -0.2) is 9.67 Å². The summed E-state index contributed by atoms with van der Waals surface area (Å²) in [5, 5.41) is 7.12. The van der Waals surface area contributed by atoms with Gasteiger partial charge in [0.15, 0.2) is 5.13 Å². The molecule has 152 valence electrons. The number of halogens is 2. The highest BCUT2D eigenvalue weighted by Gasteiger charge is 2.15. The fourth-order valence-electron chi connectivity index (χ4n) is 2.62. The minimum atomic E-state index is -2.89. The predicted octanol–water partition coefficient (Wildman–Crippen LogP) is 3.94. The third-order valence-corrected chi connectivity index (χ3v) is 4.79. The molecule has 10 heteroatoms. The molecule has 1 aromatic carbocycles. The maximum Gasteiger partial charge on any atom is 0.387 e. The molecule has 29 heavy (non-hydrogen) atoms. The number of carbonyl (C=O) groups is 1. The van der Waals surface area contributed by atoms with E-state index in [0.717, 1.165) is 4.88 Å². The van der Waals surface area contributed by atoms with Gasteiger partial charge >= 0.3 is 6.61 Å². The molecule has 0 unspecified atom stereocenters. The summed E-state index contributed by atoms with van der Waals surface area (Å²) in [7, 11) is 0. The van der Waals surface area contributed by atoms with Gasteiger partial charge in [-0.2, -0.15) is 13.9 Å². The van der Waals surface area contributed by atoms with Crippen LogP contribution in [0, 0.1) is 6.92 Å². The fourth-order valence-corrected chi connectivity index (χ4v) is 3.45. The molecule has 0 atom stereocenters. The Bertz CT molecular complexity index is 1060. The Kier molecular flexibility index (Phi) is 6.32. The molecule has 3 aromatic rings. The van der Waals surface area contributed by atoms with Gasteiger partial charge in [-0.3, -0.25) is 14.9 Å². The Morgan fingerprint density at radius 3 is 2.62 bits per heavy atom. The van der Waals surface area contributed by atoms with Gasteiger partial charge in [0.1, 0.15) is 11.4 Å². The van der Waals surface area contributed by atoms with E-state index in [1.165, 1.54) is 40.3 Å². The molecular weight excluding hydrogens is 402 g/mol. The van der Waals surface area contributed by atoms with E-state index in [1.54, 1.807) is 12.1 Å². The lowest BCUT2D eigenvalue weighted by Crippen LogP contribution is -2.26. The Morgan fingerprint density at radius 1 is 1.24 bits per heavy atom. The Morgan fingerprint density at radius 2 is 1.97 bits per heavy atom. The number of aryl methyl sites for hydroxylation is 2. The van der Waals surface area contributed by atoms with Crippen LogP contribution in [-0.2, 0) is 6.54 Å². The second-order valence-electron chi connectivity index (χ2n) is 6.06. The van der Waals surface area contributed by atoms with Crippen LogP contribution in [0.15, 0.2) is 41.2 Å². The largest absolute Gasteiger partial charge is 0.435 e. The summed E-state index contributed by atoms with van der Waals surface area (Å²) >= 11 is 1.27. The van der Waals surface area contributed by atoms with Crippen molar-refractivity contribution in [2.45, 2.75) is 33.4 Å². The molecular formula is C19H18F2N4O3S. The maximum absolute atomic E-state index is 12.5. The molecule has 3 rings (SSSR count). The first-order valence-electron chi connectivity index (χ1n) is 8.79. The zero-order valence-corrected chi connectivity index (χ0v) is 16.5. The van der Waals surface area contributed by atoms with Crippen LogP contribution in [0.2, 0.25) is 0 Å². The molecule has 0 aliphatic rings. The van der Waals surface area contributed by atoms with E-state index in [9.17, 15) is 18.4 Å². The van der Waals surface area contributed by atoms with Crippen LogP contribution in [0.25, 0.3) is 11.3 Å². The highest BCUT2D eigenvalue weighted by Crippen LogP contribution is 2.31. The molecule has 2 heterocycles. The molecule has 1 N–H and O–H groups in total. The fraction of sp³-hybridized carbons (Fsp3) is 0.263. The molecule has 0 aliphatic heterocycles. The third kappa shape index (κ3) is 5.02. The monoisotopic (exact) mass is 420 g/mol. The molecule has 0 fully saturated rings. The molecule has 0 saturated heterocycles. The SMILES string of the molecule is CCCn1nc(C(=O)Nc2nc(-c3ccc(OC(F)F)cc3)c(C)s2)ccc1=O. The van der Waals surface area contributed by atoms with Gasteiger partial charge in [-0.15, -0.1) is 11.3 Å². The third-order valence-electron chi connectivity index (χ3n) is 3.90. The predicted molar refractivity (Wildman–Crippen MR) is 106 cm³/mol. The topological polar surface area (TPSA) is 86.1 Å². The van der Waals surface area contributed by atoms with Gasteiger partial charge in [0.2, 0.25) is 0 Å². The maximum atomic E-state index is 12.5. The van der Waals surface area contributed by atoms with Crippen molar-refractivity contribution in [2.24, 2.45) is 0 Å². The van der Waals surface area contributed by atoms with E-state index in [-0.39, 0.29) is 17.0 Å². The lowest BCUT2D eigenvalue weighted by atomic mass is 10.1. The number of hydrogen-bond donors (Lipinski definition) is 1. The van der Waals surface area contributed by atoms with Gasteiger partial charge in [-0.05, 0) is 43.7 Å². The van der Waals surface area contributed by atoms with Crippen molar-refractivity contribution in [1.82, 2.24) is 14.8 Å². The van der Waals surface area contributed by atoms with Crippen molar-refractivity contribution >= 4 is 22.4 Å². The Hall–Kier alpha value is -3.14. The van der Waals surface area contributed by atoms with Crippen LogP contribution in [0.4, 0.5) is 13.9 Å². The van der Waals surface area contributed by atoms with Gasteiger partial charge in [0.05, 0.1) is 5.69 Å². The average molecular weight is 420 g/mol. The summed E-state index contributed by atoms with van der Waals surface area (Å²) in [6.45, 7) is 1.29. The number of hydrogen-bond acceptors (Lipinski definition) is 6. The number of nitrogens with one attached hydrogen (secondary N) is 1. The van der Waals surface area contributed by atoms with E-state index in [1.807, 2.05) is 13.8 Å². The molecule has 7 nitrogen and oxygen atoms in total. The van der Waals surface area contributed by atoms with E-state index in [2.05, 4.69) is 20.1 Å². The van der Waals surface area contributed by atoms with Crippen molar-refractivity contribution in [2.75, 3.05) is 5.32 Å². The van der Waals surface area contributed by atoms with Crippen LogP contribution in [0.1, 0.15) is 28.7 Å². The van der Waals surface area contributed by atoms with Crippen LogP contribution in [0.3, 0.4) is 0 Å². The first-order valence-corrected chi connectivity index (χ1v) is 9.61. The number of ether oxygens (including phenoxy) is 1. The van der Waals surface area contributed by atoms with Gasteiger partial charge in [-0.1, -0.05) is 6.92 Å². The number of aromatic nitrogens is 3. The van der Waals surface area contributed by atoms with Crippen LogP contribution in [0.5, 0.6) is 5.75 Å². The Balaban J connectivity index is 1.77. The van der Waals surface area contributed by atoms with Gasteiger partial charge < -0.3 is 4.74 Å². The van der Waals surface area contributed by atoms with Crippen LogP contribution in [-0.4, -0.2) is 27.3 Å². The summed E-state index contributed by atoms with van der Waals surface area (Å²) in [6, 6.07) is 8.77. The summed E-state index contributed by atoms with van der Waals surface area (Å²) in [5.41, 5.74) is 1.17. The summed E-state index contributed by atoms with van der Waals surface area (Å²) in [5.74, 6) is -0.422. The summed E-state index contributed by atoms with van der Waals surface area (Å²) in [6.07, 6.45) is 0.716. The minimum absolute atomic E-state index is 0.0541. The number of benzene rings is 1. The van der Waals surface area contributed by atoms with Crippen molar-refractivity contribution in [1.29, 1.82) is 0 Å². The minimum Gasteiger partial charge on any atom is -0.435 e. The smallest absolute Gasteiger partial charge is 0.387 e. The van der Waals surface area contributed by atoms with Gasteiger partial charge in [0, 0.05) is 23.1 Å². The molecule has 0 aliphatic carbocycles. The number of alkyl halides is 2. The lowest BCUT2D eigenvalue weighted by molar-refractivity contribution is -0.0498. The number of thiazole rings is 1. The first kappa shape index (κ1) is 20.6. The van der Waals surface area contributed by atoms with Crippen molar-refractivity contribution in [3.05, 3.63) is 57.3 Å². The number of carbonyl (C=O) groups excluding carboxylic acids is 1. The van der Waals surface area contributed by atoms with Crippen LogP contribution < -0.4 is 15.6 Å². The van der Waals surface area contributed by atoms with Crippen LogP contribution >= 0.6 is 11.3 Å². The van der Waals surface area contributed by atoms with Gasteiger partial charge in [0.25, 0.3) is 11.5 Å². The zero-order chi connectivity index (χ0) is 21.0.